The monoisotopic (exact) mass is 532 g/mol. The second-order valence-electron chi connectivity index (χ2n) is 7.91. The first-order valence-corrected chi connectivity index (χ1v) is 12.5. The lowest BCUT2D eigenvalue weighted by atomic mass is 10.1. The predicted octanol–water partition coefficient (Wildman–Crippen LogP) is 5.38. The molecule has 3 aromatic carbocycles. The fraction of sp³-hybridized carbons (Fsp3) is 0.200. The Hall–Kier alpha value is -4.06. The normalized spacial score (nSPS) is 12.2. The van der Waals surface area contributed by atoms with E-state index in [1.165, 1.54) is 7.11 Å². The van der Waals surface area contributed by atoms with Crippen molar-refractivity contribution >= 4 is 33.0 Å². The molecule has 0 spiro atoms. The van der Waals surface area contributed by atoms with Crippen molar-refractivity contribution in [1.82, 2.24) is 9.78 Å². The smallest absolute Gasteiger partial charge is 0.496 e. The van der Waals surface area contributed by atoms with Gasteiger partial charge in [-0.05, 0) is 48.5 Å². The summed E-state index contributed by atoms with van der Waals surface area (Å²) in [4.78, 5) is 3.83. The average Bonchev–Trinajstić information content (AvgIpc) is 3.18. The second kappa shape index (κ2) is 10.5. The van der Waals surface area contributed by atoms with E-state index in [-0.39, 0.29) is 5.82 Å². The van der Waals surface area contributed by atoms with Gasteiger partial charge in [0.1, 0.15) is 11.5 Å². The lowest BCUT2D eigenvalue weighted by Gasteiger charge is -2.11. The molecule has 1 aromatic heterocycles. The maximum absolute atomic E-state index is 13.1. The van der Waals surface area contributed by atoms with Crippen LogP contribution in [0.3, 0.4) is 0 Å². The minimum Gasteiger partial charge on any atom is -0.496 e. The summed E-state index contributed by atoms with van der Waals surface area (Å²) in [6, 6.07) is 17.1. The number of nitrogens with one attached hydrogen (secondary N) is 1. The summed E-state index contributed by atoms with van der Waals surface area (Å²) in [7, 11) is -2.88. The number of aliphatic imine (C=N–C) groups is 1. The number of halogens is 3. The highest BCUT2D eigenvalue weighted by atomic mass is 32.2. The molecule has 0 saturated heterocycles. The number of alkyl halides is 3. The largest absolute Gasteiger partial charge is 0.573 e. The molecular weight excluding hydrogens is 509 g/mol. The van der Waals surface area contributed by atoms with Crippen molar-refractivity contribution in [1.29, 1.82) is 0 Å². The zero-order valence-corrected chi connectivity index (χ0v) is 20.7. The van der Waals surface area contributed by atoms with Gasteiger partial charge in [-0.1, -0.05) is 36.4 Å². The van der Waals surface area contributed by atoms with Crippen molar-refractivity contribution in [3.8, 4) is 11.5 Å². The standard InChI is InChI=1S/C25H23F3N4O4S/c1-3-29-15-17-7-4-8-18(13-17)16-32-21-11-6-12-22(35-2)23(21)24(30-32)31-37(33,34)20-10-5-9-19(14-20)36-25(26,27)28/h3-14H,15-16H2,1-2H3,(H,30,31). The molecule has 12 heteroatoms. The van der Waals surface area contributed by atoms with E-state index < -0.39 is 27.0 Å². The second-order valence-corrected chi connectivity index (χ2v) is 9.59. The third kappa shape index (κ3) is 6.20. The molecule has 4 rings (SSSR count). The van der Waals surface area contributed by atoms with Crippen LogP contribution in [0.25, 0.3) is 10.9 Å². The summed E-state index contributed by atoms with van der Waals surface area (Å²) < 4.78 is 77.4. The molecule has 1 N–H and O–H groups in total. The first kappa shape index (κ1) is 26.0. The Morgan fingerprint density at radius 3 is 2.51 bits per heavy atom. The van der Waals surface area contributed by atoms with Gasteiger partial charge >= 0.3 is 6.36 Å². The van der Waals surface area contributed by atoms with E-state index in [1.54, 1.807) is 29.1 Å². The van der Waals surface area contributed by atoms with Crippen LogP contribution < -0.4 is 14.2 Å². The van der Waals surface area contributed by atoms with E-state index in [4.69, 9.17) is 4.74 Å². The van der Waals surface area contributed by atoms with E-state index in [0.717, 1.165) is 35.4 Å². The first-order valence-electron chi connectivity index (χ1n) is 11.0. The van der Waals surface area contributed by atoms with Crippen molar-refractivity contribution in [2.45, 2.75) is 31.3 Å². The molecule has 1 heterocycles. The molecule has 8 nitrogen and oxygen atoms in total. The Labute approximate surface area is 211 Å². The molecule has 0 radical (unpaired) electrons. The molecule has 0 aliphatic carbocycles. The minimum absolute atomic E-state index is 0.0265. The van der Waals surface area contributed by atoms with Crippen molar-refractivity contribution in [3.63, 3.8) is 0 Å². The lowest BCUT2D eigenvalue weighted by molar-refractivity contribution is -0.274. The van der Waals surface area contributed by atoms with Crippen molar-refractivity contribution in [2.75, 3.05) is 11.8 Å². The van der Waals surface area contributed by atoms with Crippen LogP contribution in [0, 0.1) is 0 Å². The molecule has 0 aliphatic heterocycles. The molecule has 37 heavy (non-hydrogen) atoms. The van der Waals surface area contributed by atoms with Crippen molar-refractivity contribution < 1.29 is 31.1 Å². The molecular formula is C25H23F3N4O4S. The third-order valence-electron chi connectivity index (χ3n) is 5.32. The Morgan fingerprint density at radius 1 is 1.05 bits per heavy atom. The van der Waals surface area contributed by atoms with Gasteiger partial charge in [0.25, 0.3) is 10.0 Å². The molecule has 0 saturated carbocycles. The van der Waals surface area contributed by atoms with Gasteiger partial charge in [0, 0.05) is 6.07 Å². The molecule has 0 atom stereocenters. The number of anilines is 1. The summed E-state index contributed by atoms with van der Waals surface area (Å²) in [6.45, 7) is 2.69. The summed E-state index contributed by atoms with van der Waals surface area (Å²) in [5.74, 6) is -0.307. The Morgan fingerprint density at radius 2 is 1.78 bits per heavy atom. The molecule has 0 fully saturated rings. The maximum atomic E-state index is 13.1. The number of hydrogen-bond acceptors (Lipinski definition) is 6. The quantitative estimate of drug-likeness (QED) is 0.292. The molecule has 0 bridgehead atoms. The highest BCUT2D eigenvalue weighted by Crippen LogP contribution is 2.34. The van der Waals surface area contributed by atoms with E-state index >= 15 is 0 Å². The van der Waals surface area contributed by atoms with Crippen LogP contribution in [0.5, 0.6) is 11.5 Å². The van der Waals surface area contributed by atoms with Gasteiger partial charge in [-0.2, -0.15) is 5.10 Å². The summed E-state index contributed by atoms with van der Waals surface area (Å²) in [6.07, 6.45) is -3.23. The topological polar surface area (TPSA) is 94.8 Å². The van der Waals surface area contributed by atoms with Gasteiger partial charge in [-0.15, -0.1) is 13.2 Å². The van der Waals surface area contributed by atoms with E-state index in [9.17, 15) is 21.6 Å². The summed E-state index contributed by atoms with van der Waals surface area (Å²) in [5, 5.41) is 4.89. The minimum atomic E-state index is -4.96. The number of benzene rings is 3. The maximum Gasteiger partial charge on any atom is 0.573 e. The van der Waals surface area contributed by atoms with E-state index in [1.807, 2.05) is 31.2 Å². The lowest BCUT2D eigenvalue weighted by Crippen LogP contribution is -2.18. The highest BCUT2D eigenvalue weighted by molar-refractivity contribution is 7.92. The number of ether oxygens (including phenoxy) is 2. The van der Waals surface area contributed by atoms with Crippen LogP contribution in [0.4, 0.5) is 19.0 Å². The SMILES string of the molecule is CC=NCc1cccc(Cn2nc(NS(=O)(=O)c3cccc(OC(F)(F)F)c3)c3c(OC)cccc32)c1. The number of aromatic nitrogens is 2. The number of sulfonamides is 1. The van der Waals surface area contributed by atoms with Crippen LogP contribution in [-0.2, 0) is 23.1 Å². The first-order chi connectivity index (χ1) is 17.6. The number of hydrogen-bond donors (Lipinski definition) is 1. The van der Waals surface area contributed by atoms with Gasteiger partial charge in [-0.25, -0.2) is 8.42 Å². The molecule has 0 aliphatic rings. The Balaban J connectivity index is 1.72. The summed E-state index contributed by atoms with van der Waals surface area (Å²) in [5.41, 5.74) is 2.53. The molecule has 0 unspecified atom stereocenters. The van der Waals surface area contributed by atoms with Gasteiger partial charge in [0.2, 0.25) is 0 Å². The van der Waals surface area contributed by atoms with Crippen molar-refractivity contribution in [3.05, 3.63) is 77.9 Å². The van der Waals surface area contributed by atoms with Crippen LogP contribution in [0.15, 0.2) is 76.6 Å². The Kier molecular flexibility index (Phi) is 7.39. The van der Waals surface area contributed by atoms with E-state index in [0.29, 0.717) is 29.7 Å². The van der Waals surface area contributed by atoms with Gasteiger partial charge in [-0.3, -0.25) is 14.4 Å². The fourth-order valence-corrected chi connectivity index (χ4v) is 4.82. The summed E-state index contributed by atoms with van der Waals surface area (Å²) >= 11 is 0. The van der Waals surface area contributed by atoms with Crippen LogP contribution in [-0.4, -0.2) is 37.9 Å². The molecule has 4 aromatic rings. The number of fused-ring (bicyclic) bond motifs is 1. The van der Waals surface area contributed by atoms with Crippen molar-refractivity contribution in [2.24, 2.45) is 4.99 Å². The average molecular weight is 533 g/mol. The van der Waals surface area contributed by atoms with Gasteiger partial charge < -0.3 is 9.47 Å². The predicted molar refractivity (Wildman–Crippen MR) is 134 cm³/mol. The van der Waals surface area contributed by atoms with Crippen LogP contribution in [0.2, 0.25) is 0 Å². The van der Waals surface area contributed by atoms with Crippen LogP contribution in [0.1, 0.15) is 18.1 Å². The zero-order valence-electron chi connectivity index (χ0n) is 19.9. The van der Waals surface area contributed by atoms with E-state index in [2.05, 4.69) is 19.6 Å². The fourth-order valence-electron chi connectivity index (χ4n) is 3.78. The number of methoxy groups -OCH3 is 1. The third-order valence-corrected chi connectivity index (χ3v) is 6.66. The number of nitrogens with zero attached hydrogens (tertiary/aromatic N) is 3. The highest BCUT2D eigenvalue weighted by Gasteiger charge is 2.31. The molecule has 194 valence electrons. The van der Waals surface area contributed by atoms with Gasteiger partial charge in [0.05, 0.1) is 36.0 Å². The van der Waals surface area contributed by atoms with Gasteiger partial charge in [0.15, 0.2) is 5.82 Å². The number of rotatable bonds is 9. The Bertz CT molecular complexity index is 1550. The molecule has 0 amide bonds. The zero-order chi connectivity index (χ0) is 26.6. The van der Waals surface area contributed by atoms with Crippen LogP contribution >= 0.6 is 0 Å².